The minimum Gasteiger partial charge on any atom is -0.460 e. The van der Waals surface area contributed by atoms with Crippen molar-refractivity contribution in [3.63, 3.8) is 0 Å². The van der Waals surface area contributed by atoms with Crippen LogP contribution in [0.2, 0.25) is 0 Å². The molecule has 1 aromatic carbocycles. The molecule has 4 bridgehead atoms. The molecule has 5 rings (SSSR count). The van der Waals surface area contributed by atoms with Gasteiger partial charge in [0.25, 0.3) is 5.79 Å². The van der Waals surface area contributed by atoms with Crippen LogP contribution in [0.4, 0.5) is 0 Å². The van der Waals surface area contributed by atoms with Crippen LogP contribution in [-0.2, 0) is 33.3 Å². The van der Waals surface area contributed by atoms with E-state index in [1.165, 1.54) is 12.1 Å². The molecule has 3 heterocycles. The number of benzene rings is 1. The number of ether oxygens (including phenoxy) is 3. The van der Waals surface area contributed by atoms with Crippen LogP contribution in [0.15, 0.2) is 40.5 Å². The van der Waals surface area contributed by atoms with Gasteiger partial charge in [-0.1, -0.05) is 31.5 Å². The average molecular weight is 420 g/mol. The Kier molecular flexibility index (Phi) is 4.07. The Balaban J connectivity index is 1.56. The fourth-order valence-corrected chi connectivity index (χ4v) is 5.91. The van der Waals surface area contributed by atoms with Crippen LogP contribution in [0.5, 0.6) is 0 Å². The number of ketones is 1. The molecular formula is C21H24O7S. The van der Waals surface area contributed by atoms with Gasteiger partial charge in [0.15, 0.2) is 5.78 Å². The first-order valence-electron chi connectivity index (χ1n) is 9.83. The second kappa shape index (κ2) is 6.14. The third-order valence-corrected chi connectivity index (χ3v) is 7.48. The molecule has 0 saturated carbocycles. The molecule has 8 heteroatoms. The van der Waals surface area contributed by atoms with Crippen molar-refractivity contribution in [2.45, 2.75) is 63.1 Å². The summed E-state index contributed by atoms with van der Waals surface area (Å²) in [5.41, 5.74) is 1.29. The van der Waals surface area contributed by atoms with Gasteiger partial charge in [-0.2, -0.15) is 8.42 Å². The third kappa shape index (κ3) is 3.04. The summed E-state index contributed by atoms with van der Waals surface area (Å²) in [5, 5.41) is 0. The van der Waals surface area contributed by atoms with Crippen molar-refractivity contribution < 1.29 is 31.6 Å². The van der Waals surface area contributed by atoms with Gasteiger partial charge in [-0.05, 0) is 24.5 Å². The lowest BCUT2D eigenvalue weighted by molar-refractivity contribution is -0.316. The fraction of sp³-hybridized carbons (Fsp3) is 0.571. The minimum absolute atomic E-state index is 0.0326. The Bertz CT molecular complexity index is 1010. The molecule has 7 nitrogen and oxygen atoms in total. The molecule has 156 valence electrons. The van der Waals surface area contributed by atoms with E-state index in [0.29, 0.717) is 24.2 Å². The van der Waals surface area contributed by atoms with E-state index in [2.05, 4.69) is 0 Å². The zero-order valence-corrected chi connectivity index (χ0v) is 17.5. The summed E-state index contributed by atoms with van der Waals surface area (Å²) >= 11 is 0. The van der Waals surface area contributed by atoms with Crippen molar-refractivity contribution in [1.29, 1.82) is 0 Å². The van der Waals surface area contributed by atoms with E-state index in [-0.39, 0.29) is 41.1 Å². The van der Waals surface area contributed by atoms with Crippen LogP contribution < -0.4 is 0 Å². The Morgan fingerprint density at radius 2 is 1.86 bits per heavy atom. The van der Waals surface area contributed by atoms with Gasteiger partial charge in [0.1, 0.15) is 5.76 Å². The van der Waals surface area contributed by atoms with E-state index in [1.54, 1.807) is 12.1 Å². The summed E-state index contributed by atoms with van der Waals surface area (Å²) < 4.78 is 49.6. The zero-order chi connectivity index (χ0) is 20.6. The molecule has 0 aromatic heterocycles. The monoisotopic (exact) mass is 420 g/mol. The number of carbonyl (C=O) groups is 1. The van der Waals surface area contributed by atoms with E-state index in [9.17, 15) is 13.2 Å². The van der Waals surface area contributed by atoms with Crippen molar-refractivity contribution in [1.82, 2.24) is 0 Å². The highest BCUT2D eigenvalue weighted by atomic mass is 32.2. The van der Waals surface area contributed by atoms with Crippen LogP contribution in [0.1, 0.15) is 38.7 Å². The second-order valence-corrected chi connectivity index (χ2v) is 10.7. The summed E-state index contributed by atoms with van der Waals surface area (Å²) in [6.07, 6.45) is -0.0767. The maximum atomic E-state index is 13.0. The highest BCUT2D eigenvalue weighted by molar-refractivity contribution is 7.86. The molecule has 1 aromatic rings. The van der Waals surface area contributed by atoms with Gasteiger partial charge in [-0.15, -0.1) is 0 Å². The van der Waals surface area contributed by atoms with Crippen LogP contribution in [-0.4, -0.2) is 39.0 Å². The van der Waals surface area contributed by atoms with Crippen LogP contribution >= 0.6 is 0 Å². The molecule has 0 amide bonds. The van der Waals surface area contributed by atoms with Gasteiger partial charge in [0.05, 0.1) is 17.6 Å². The number of aryl methyl sites for hydroxylation is 1. The van der Waals surface area contributed by atoms with E-state index in [1.807, 2.05) is 20.8 Å². The standard InChI is InChI=1S/C21H24O7S/c1-12-4-6-13(7-5-12)29(23,24)28-21-8-14(17-11-25-19(21)26-17)18-15(22)9-20(2,3)10-16(18)27-21/h4-7,14,17,19H,8-11H2,1-3H3/t14-,17+,19+,21+/m0/s1. The van der Waals surface area contributed by atoms with Crippen molar-refractivity contribution >= 4 is 15.9 Å². The Labute approximate surface area is 170 Å². The molecule has 0 spiro atoms. The van der Waals surface area contributed by atoms with Crippen molar-refractivity contribution in [3.8, 4) is 0 Å². The SMILES string of the molecule is Cc1ccc(S(=O)(=O)O[C@@]23C[C@H](C4=C(CC(C)(C)CC4=O)O2)[C@H]2CO[C@@H]3O2)cc1. The highest BCUT2D eigenvalue weighted by Gasteiger charge is 2.64. The van der Waals surface area contributed by atoms with Gasteiger partial charge >= 0.3 is 10.1 Å². The quantitative estimate of drug-likeness (QED) is 0.695. The molecule has 2 fully saturated rings. The lowest BCUT2D eigenvalue weighted by atomic mass is 9.70. The Morgan fingerprint density at radius 1 is 1.14 bits per heavy atom. The van der Waals surface area contributed by atoms with Crippen molar-refractivity contribution in [2.24, 2.45) is 11.3 Å². The van der Waals surface area contributed by atoms with Gasteiger partial charge < -0.3 is 14.2 Å². The summed E-state index contributed by atoms with van der Waals surface area (Å²) in [6, 6.07) is 6.42. The lowest BCUT2D eigenvalue weighted by Crippen LogP contribution is -2.58. The van der Waals surface area contributed by atoms with Crippen molar-refractivity contribution in [3.05, 3.63) is 41.2 Å². The number of Topliss-reactive ketones (excluding diaryl/α,β-unsaturated/α-hetero) is 1. The molecule has 0 unspecified atom stereocenters. The fourth-order valence-electron chi connectivity index (χ4n) is 4.79. The molecule has 29 heavy (non-hydrogen) atoms. The number of rotatable bonds is 3. The van der Waals surface area contributed by atoms with Crippen molar-refractivity contribution in [2.75, 3.05) is 6.61 Å². The number of hydrogen-bond acceptors (Lipinski definition) is 7. The number of allylic oxidation sites excluding steroid dienone is 1. The second-order valence-electron chi connectivity index (χ2n) is 9.19. The first-order valence-corrected chi connectivity index (χ1v) is 11.2. The van der Waals surface area contributed by atoms with Gasteiger partial charge in [0.2, 0.25) is 6.29 Å². The largest absolute Gasteiger partial charge is 0.460 e. The smallest absolute Gasteiger partial charge is 0.300 e. The van der Waals surface area contributed by atoms with E-state index >= 15 is 0 Å². The number of hydrogen-bond donors (Lipinski definition) is 0. The first-order chi connectivity index (χ1) is 13.6. The summed E-state index contributed by atoms with van der Waals surface area (Å²) in [5.74, 6) is -1.38. The maximum absolute atomic E-state index is 13.0. The molecule has 2 saturated heterocycles. The molecule has 4 atom stereocenters. The Morgan fingerprint density at radius 3 is 2.59 bits per heavy atom. The van der Waals surface area contributed by atoms with Gasteiger partial charge in [-0.3, -0.25) is 4.79 Å². The average Bonchev–Trinajstić information content (AvgIpc) is 3.06. The summed E-state index contributed by atoms with van der Waals surface area (Å²) in [4.78, 5) is 12.9. The third-order valence-electron chi connectivity index (χ3n) is 6.13. The van der Waals surface area contributed by atoms with Gasteiger partial charge in [0, 0.05) is 30.8 Å². The zero-order valence-electron chi connectivity index (χ0n) is 16.6. The summed E-state index contributed by atoms with van der Waals surface area (Å²) in [6.45, 7) is 6.16. The number of carbonyl (C=O) groups excluding carboxylic acids is 1. The molecule has 0 N–H and O–H groups in total. The Hall–Kier alpha value is -1.74. The lowest BCUT2D eigenvalue weighted by Gasteiger charge is -2.49. The molecular weight excluding hydrogens is 396 g/mol. The predicted octanol–water partition coefficient (Wildman–Crippen LogP) is 2.83. The van der Waals surface area contributed by atoms with Gasteiger partial charge in [-0.25, -0.2) is 4.18 Å². The first kappa shape index (κ1) is 19.2. The molecule has 0 radical (unpaired) electrons. The van der Waals surface area contributed by atoms with Crippen LogP contribution in [0.25, 0.3) is 0 Å². The van der Waals surface area contributed by atoms with Crippen LogP contribution in [0, 0.1) is 18.3 Å². The summed E-state index contributed by atoms with van der Waals surface area (Å²) in [7, 11) is -4.13. The molecule has 3 aliphatic heterocycles. The predicted molar refractivity (Wildman–Crippen MR) is 101 cm³/mol. The normalized spacial score (nSPS) is 35.3. The highest BCUT2D eigenvalue weighted by Crippen LogP contribution is 2.54. The van der Waals surface area contributed by atoms with E-state index < -0.39 is 22.2 Å². The molecule has 4 aliphatic rings. The maximum Gasteiger partial charge on any atom is 0.300 e. The van der Waals surface area contributed by atoms with E-state index in [4.69, 9.17) is 18.4 Å². The topological polar surface area (TPSA) is 88.1 Å². The minimum atomic E-state index is -4.13. The number of fused-ring (bicyclic) bond motifs is 7. The van der Waals surface area contributed by atoms with Crippen LogP contribution in [0.3, 0.4) is 0 Å². The van der Waals surface area contributed by atoms with E-state index in [0.717, 1.165) is 5.56 Å². The molecule has 1 aliphatic carbocycles.